The molecular weight excluding hydrogens is 467 g/mol. The van der Waals surface area contributed by atoms with Gasteiger partial charge >= 0.3 is 12.1 Å². The molecule has 8 nitrogen and oxygen atoms in total. The van der Waals surface area contributed by atoms with Gasteiger partial charge in [0.25, 0.3) is 0 Å². The normalized spacial score (nSPS) is 13.0. The summed E-state index contributed by atoms with van der Waals surface area (Å²) in [5.41, 5.74) is 0.444. The number of hydrogen-bond acceptors (Lipinski definition) is 6. The highest BCUT2D eigenvalue weighted by atomic mass is 32.2. The second kappa shape index (κ2) is 11.1. The fraction of sp³-hybridized carbons (Fsp3) is 0.286. The fourth-order valence-corrected chi connectivity index (χ4v) is 3.54. The number of ether oxygens (including phenoxy) is 4. The van der Waals surface area contributed by atoms with Crippen LogP contribution in [0.15, 0.2) is 36.4 Å². The van der Waals surface area contributed by atoms with Crippen molar-refractivity contribution < 1.29 is 45.7 Å². The molecule has 1 amide bonds. The summed E-state index contributed by atoms with van der Waals surface area (Å²) >= 11 is -2.38. The molecule has 2 rings (SSSR count). The van der Waals surface area contributed by atoms with Crippen LogP contribution in [0.2, 0.25) is 0 Å². The molecule has 0 aromatic heterocycles. The summed E-state index contributed by atoms with van der Waals surface area (Å²) in [6.07, 6.45) is -5.14. The zero-order chi connectivity index (χ0) is 24.8. The molecule has 0 saturated heterocycles. The van der Waals surface area contributed by atoms with Crippen molar-refractivity contribution in [3.05, 3.63) is 53.1 Å². The van der Waals surface area contributed by atoms with Gasteiger partial charge in [0.2, 0.25) is 0 Å². The number of anilines is 1. The van der Waals surface area contributed by atoms with Gasteiger partial charge in [-0.3, -0.25) is 4.79 Å². The lowest BCUT2D eigenvalue weighted by Crippen LogP contribution is -2.30. The highest BCUT2D eigenvalue weighted by Gasteiger charge is 2.39. The monoisotopic (exact) mass is 489 g/mol. The molecule has 2 aromatic carbocycles. The Balaban J connectivity index is 2.80. The molecule has 0 saturated carbocycles. The maximum absolute atomic E-state index is 12.8. The third-order valence-corrected chi connectivity index (χ3v) is 4.98. The number of benzene rings is 2. The van der Waals surface area contributed by atoms with Crippen molar-refractivity contribution in [2.75, 3.05) is 33.8 Å². The van der Waals surface area contributed by atoms with Crippen LogP contribution in [-0.2, 0) is 31.1 Å². The van der Waals surface area contributed by atoms with E-state index in [0.29, 0.717) is 11.3 Å². The largest absolute Gasteiger partial charge is 0.496 e. The van der Waals surface area contributed by atoms with Crippen LogP contribution < -0.4 is 14.8 Å². The van der Waals surface area contributed by atoms with Crippen LogP contribution >= 0.6 is 0 Å². The number of para-hydroxylation sites is 1. The topological polar surface area (TPSA) is 103 Å². The van der Waals surface area contributed by atoms with Crippen molar-refractivity contribution in [3.63, 3.8) is 0 Å². The molecule has 0 radical (unpaired) electrons. The van der Waals surface area contributed by atoms with Gasteiger partial charge in [0.15, 0.2) is 22.6 Å². The Morgan fingerprint density at radius 3 is 2.06 bits per heavy atom. The molecule has 12 heteroatoms. The molecule has 0 fully saturated rings. The van der Waals surface area contributed by atoms with Crippen LogP contribution in [0.1, 0.15) is 16.7 Å². The second-order valence-electron chi connectivity index (χ2n) is 6.39. The van der Waals surface area contributed by atoms with E-state index < -0.39 is 28.9 Å². The molecule has 1 unspecified atom stereocenters. The smallest absolute Gasteiger partial charge is 0.471 e. The Labute approximate surface area is 190 Å². The summed E-state index contributed by atoms with van der Waals surface area (Å²) < 4.78 is 80.9. The van der Waals surface area contributed by atoms with Gasteiger partial charge in [0.1, 0.15) is 11.5 Å². The summed E-state index contributed by atoms with van der Waals surface area (Å²) in [6.45, 7) is 0. The van der Waals surface area contributed by atoms with Crippen molar-refractivity contribution >= 4 is 34.2 Å². The minimum absolute atomic E-state index is 0.0921. The predicted molar refractivity (Wildman–Crippen MR) is 116 cm³/mol. The van der Waals surface area contributed by atoms with Crippen molar-refractivity contribution in [2.45, 2.75) is 11.9 Å². The number of halogens is 3. The molecule has 2 N–H and O–H groups in total. The number of carbonyl (C=O) groups is 1. The quantitative estimate of drug-likeness (QED) is 0.311. The van der Waals surface area contributed by atoms with Crippen LogP contribution in [0.5, 0.6) is 11.5 Å². The Morgan fingerprint density at radius 1 is 0.970 bits per heavy atom. The van der Waals surface area contributed by atoms with Crippen LogP contribution in [0.4, 0.5) is 18.9 Å². The average molecular weight is 489 g/mol. The molecule has 0 aliphatic carbocycles. The van der Waals surface area contributed by atoms with Gasteiger partial charge in [0, 0.05) is 5.56 Å². The highest BCUT2D eigenvalue weighted by molar-refractivity contribution is 7.78. The zero-order valence-electron chi connectivity index (χ0n) is 18.1. The lowest BCUT2D eigenvalue weighted by Gasteiger charge is -2.20. The lowest BCUT2D eigenvalue weighted by molar-refractivity contribution is -0.167. The SMILES string of the molecule is COC(=C(OC)c1ccccc1OC)c1cc(OC)c(NC(=O)C(F)(F)F)cc1CS(=O)O. The molecular formula is C21H22F3NO7S. The van der Waals surface area contributed by atoms with E-state index in [2.05, 4.69) is 0 Å². The summed E-state index contributed by atoms with van der Waals surface area (Å²) in [5, 5.41) is 1.71. The number of amides is 1. The maximum atomic E-state index is 12.8. The number of hydrogen-bond donors (Lipinski definition) is 2. The molecule has 33 heavy (non-hydrogen) atoms. The molecule has 0 aliphatic heterocycles. The van der Waals surface area contributed by atoms with Gasteiger partial charge in [-0.1, -0.05) is 12.1 Å². The first-order valence-corrected chi connectivity index (χ1v) is 10.5. The van der Waals surface area contributed by atoms with E-state index in [9.17, 15) is 26.7 Å². The van der Waals surface area contributed by atoms with Crippen LogP contribution in [0.3, 0.4) is 0 Å². The number of rotatable bonds is 9. The first-order chi connectivity index (χ1) is 15.6. The fourth-order valence-electron chi connectivity index (χ4n) is 3.03. The lowest BCUT2D eigenvalue weighted by atomic mass is 10.0. The predicted octanol–water partition coefficient (Wildman–Crippen LogP) is 4.04. The molecule has 180 valence electrons. The van der Waals surface area contributed by atoms with Gasteiger partial charge in [-0.25, -0.2) is 4.21 Å². The van der Waals surface area contributed by atoms with Gasteiger partial charge in [0.05, 0.1) is 45.4 Å². The van der Waals surface area contributed by atoms with Crippen molar-refractivity contribution in [3.8, 4) is 11.5 Å². The summed E-state index contributed by atoms with van der Waals surface area (Å²) in [4.78, 5) is 11.5. The summed E-state index contributed by atoms with van der Waals surface area (Å²) in [6, 6.07) is 9.23. The van der Waals surface area contributed by atoms with E-state index in [1.165, 1.54) is 34.5 Å². The first kappa shape index (κ1) is 26.0. The highest BCUT2D eigenvalue weighted by Crippen LogP contribution is 2.38. The minimum atomic E-state index is -5.14. The van der Waals surface area contributed by atoms with E-state index in [1.807, 2.05) is 0 Å². The number of alkyl halides is 3. The van der Waals surface area contributed by atoms with Gasteiger partial charge < -0.3 is 28.8 Å². The van der Waals surface area contributed by atoms with E-state index in [-0.39, 0.29) is 34.1 Å². The Hall–Kier alpha value is -3.25. The minimum Gasteiger partial charge on any atom is -0.496 e. The number of nitrogens with one attached hydrogen (secondary N) is 1. The van der Waals surface area contributed by atoms with E-state index in [4.69, 9.17) is 18.9 Å². The van der Waals surface area contributed by atoms with Crippen molar-refractivity contribution in [2.24, 2.45) is 0 Å². The summed E-state index contributed by atoms with van der Waals surface area (Å²) in [7, 11) is 5.36. The van der Waals surface area contributed by atoms with Crippen LogP contribution in [-0.4, -0.2) is 49.3 Å². The second-order valence-corrected chi connectivity index (χ2v) is 7.33. The number of methoxy groups -OCH3 is 4. The molecule has 0 bridgehead atoms. The van der Waals surface area contributed by atoms with Gasteiger partial charge in [-0.15, -0.1) is 0 Å². The van der Waals surface area contributed by atoms with Gasteiger partial charge in [-0.2, -0.15) is 13.2 Å². The molecule has 2 aromatic rings. The summed E-state index contributed by atoms with van der Waals surface area (Å²) in [5.74, 6) is -2.12. The third kappa shape index (κ3) is 6.17. The zero-order valence-corrected chi connectivity index (χ0v) is 18.9. The first-order valence-electron chi connectivity index (χ1n) is 9.19. The van der Waals surface area contributed by atoms with Gasteiger partial charge in [-0.05, 0) is 29.8 Å². The van der Waals surface area contributed by atoms with Crippen molar-refractivity contribution in [1.29, 1.82) is 0 Å². The molecule has 0 heterocycles. The number of carbonyl (C=O) groups excluding carboxylic acids is 1. The molecule has 1 atom stereocenters. The van der Waals surface area contributed by atoms with Crippen molar-refractivity contribution in [1.82, 2.24) is 0 Å². The van der Waals surface area contributed by atoms with Crippen LogP contribution in [0, 0.1) is 0 Å². The van der Waals surface area contributed by atoms with E-state index in [1.54, 1.807) is 29.6 Å². The van der Waals surface area contributed by atoms with E-state index in [0.717, 1.165) is 6.07 Å². The maximum Gasteiger partial charge on any atom is 0.471 e. The molecule has 0 spiro atoms. The standard InChI is InChI=1S/C21H22F3NO7S/c1-29-16-8-6-5-7-13(16)18(31-3)19(32-4)14-10-17(30-2)15(9-12(14)11-33(27)28)25-20(26)21(22,23)24/h5-10H,11H2,1-4H3,(H,25,26)(H,27,28). The average Bonchev–Trinajstić information content (AvgIpc) is 2.77. The Morgan fingerprint density at radius 2 is 1.55 bits per heavy atom. The molecule has 0 aliphatic rings. The Kier molecular flexibility index (Phi) is 8.71. The van der Waals surface area contributed by atoms with E-state index >= 15 is 0 Å². The Bertz CT molecular complexity index is 1070. The van der Waals surface area contributed by atoms with Crippen LogP contribution in [0.25, 0.3) is 11.5 Å². The third-order valence-electron chi connectivity index (χ3n) is 4.42.